The number of para-hydroxylation sites is 2. The van der Waals surface area contributed by atoms with Gasteiger partial charge in [0.15, 0.2) is 11.5 Å². The van der Waals surface area contributed by atoms with Gasteiger partial charge in [0, 0.05) is 0 Å². The standard InChI is InChI=1S/C10H14O2.ClH.Mg/c1-2-3-8-12-10-7-5-4-6-9(10)11;;/h4-7,11H,2-3,8H2,1H3;1H;/q;;+2/p-1. The number of halogens is 1. The molecule has 0 aliphatic heterocycles. The van der Waals surface area contributed by atoms with Crippen LogP contribution >= 0.6 is 0 Å². The van der Waals surface area contributed by atoms with Crippen LogP contribution in [0, 0.1) is 0 Å². The van der Waals surface area contributed by atoms with Crippen molar-refractivity contribution in [1.82, 2.24) is 0 Å². The molecule has 0 amide bonds. The van der Waals surface area contributed by atoms with Crippen molar-refractivity contribution in [1.29, 1.82) is 0 Å². The van der Waals surface area contributed by atoms with Crippen molar-refractivity contribution in [3.8, 4) is 11.5 Å². The van der Waals surface area contributed by atoms with E-state index in [4.69, 9.17) is 4.74 Å². The molecule has 1 N–H and O–H groups in total. The van der Waals surface area contributed by atoms with Crippen LogP contribution in [-0.2, 0) is 0 Å². The molecule has 0 atom stereocenters. The minimum Gasteiger partial charge on any atom is -1.00 e. The molecule has 1 aromatic carbocycles. The molecule has 1 aromatic rings. The minimum absolute atomic E-state index is 0. The van der Waals surface area contributed by atoms with E-state index in [-0.39, 0.29) is 41.2 Å². The van der Waals surface area contributed by atoms with Crippen molar-refractivity contribution in [3.63, 3.8) is 0 Å². The average Bonchev–Trinajstić information content (AvgIpc) is 2.09. The molecule has 0 saturated carbocycles. The summed E-state index contributed by atoms with van der Waals surface area (Å²) in [6.07, 6.45) is 2.13. The summed E-state index contributed by atoms with van der Waals surface area (Å²) in [5.41, 5.74) is 0. The molecule has 0 fully saturated rings. The van der Waals surface area contributed by atoms with E-state index in [0.29, 0.717) is 12.4 Å². The van der Waals surface area contributed by atoms with E-state index in [1.165, 1.54) is 0 Å². The van der Waals surface area contributed by atoms with Crippen LogP contribution in [0.25, 0.3) is 0 Å². The molecule has 14 heavy (non-hydrogen) atoms. The van der Waals surface area contributed by atoms with Gasteiger partial charge in [0.1, 0.15) is 0 Å². The summed E-state index contributed by atoms with van der Waals surface area (Å²) < 4.78 is 5.33. The Hall–Kier alpha value is -0.124. The number of rotatable bonds is 4. The number of phenolic OH excluding ortho intramolecular Hbond substituents is 1. The first-order chi connectivity index (χ1) is 5.84. The van der Waals surface area contributed by atoms with Crippen LogP contribution in [0.2, 0.25) is 0 Å². The summed E-state index contributed by atoms with van der Waals surface area (Å²) in [5.74, 6) is 0.791. The third kappa shape index (κ3) is 5.57. The number of hydrogen-bond acceptors (Lipinski definition) is 2. The second-order valence-corrected chi connectivity index (χ2v) is 2.67. The second kappa shape index (κ2) is 9.43. The van der Waals surface area contributed by atoms with E-state index in [1.807, 2.05) is 6.07 Å². The van der Waals surface area contributed by atoms with Crippen LogP contribution in [0.15, 0.2) is 24.3 Å². The van der Waals surface area contributed by atoms with Gasteiger partial charge in [-0.15, -0.1) is 0 Å². The Balaban J connectivity index is 0. The van der Waals surface area contributed by atoms with Gasteiger partial charge in [0.2, 0.25) is 0 Å². The zero-order valence-electron chi connectivity index (χ0n) is 8.37. The Kier molecular flexibility index (Phi) is 11.0. The van der Waals surface area contributed by atoms with Crippen molar-refractivity contribution < 1.29 is 22.3 Å². The Morgan fingerprint density at radius 2 is 1.93 bits per heavy atom. The Morgan fingerprint density at radius 3 is 2.50 bits per heavy atom. The molecule has 0 aliphatic rings. The predicted molar refractivity (Wildman–Crippen MR) is 54.3 cm³/mol. The normalized spacial score (nSPS) is 8.36. The fourth-order valence-corrected chi connectivity index (χ4v) is 0.906. The van der Waals surface area contributed by atoms with E-state index >= 15 is 0 Å². The Bertz CT molecular complexity index is 243. The summed E-state index contributed by atoms with van der Waals surface area (Å²) in [7, 11) is 0. The summed E-state index contributed by atoms with van der Waals surface area (Å²) in [6.45, 7) is 2.78. The fourth-order valence-electron chi connectivity index (χ4n) is 0.906. The summed E-state index contributed by atoms with van der Waals surface area (Å²) >= 11 is 0. The summed E-state index contributed by atoms with van der Waals surface area (Å²) in [6, 6.07) is 7.02. The molecule has 0 aromatic heterocycles. The maximum atomic E-state index is 9.28. The molecule has 4 heteroatoms. The zero-order chi connectivity index (χ0) is 8.81. The molecule has 0 heterocycles. The smallest absolute Gasteiger partial charge is 1.00 e. The van der Waals surface area contributed by atoms with Gasteiger partial charge in [-0.1, -0.05) is 25.5 Å². The molecule has 2 nitrogen and oxygen atoms in total. The third-order valence-electron chi connectivity index (χ3n) is 1.62. The van der Waals surface area contributed by atoms with E-state index < -0.39 is 0 Å². The maximum Gasteiger partial charge on any atom is 2.00 e. The maximum absolute atomic E-state index is 9.28. The van der Waals surface area contributed by atoms with Gasteiger partial charge in [0.25, 0.3) is 0 Å². The van der Waals surface area contributed by atoms with Crippen molar-refractivity contribution in [2.24, 2.45) is 0 Å². The largest absolute Gasteiger partial charge is 2.00 e. The van der Waals surface area contributed by atoms with Crippen molar-refractivity contribution in [2.45, 2.75) is 19.8 Å². The summed E-state index contributed by atoms with van der Waals surface area (Å²) in [4.78, 5) is 0. The first kappa shape index (κ1) is 16.3. The molecule has 0 saturated heterocycles. The molecule has 74 valence electrons. The van der Waals surface area contributed by atoms with Gasteiger partial charge in [-0.05, 0) is 18.6 Å². The van der Waals surface area contributed by atoms with Gasteiger partial charge in [-0.2, -0.15) is 0 Å². The predicted octanol–water partition coefficient (Wildman–Crippen LogP) is -0.806. The van der Waals surface area contributed by atoms with Gasteiger partial charge in [-0.25, -0.2) is 0 Å². The van der Waals surface area contributed by atoms with Crippen molar-refractivity contribution >= 4 is 23.1 Å². The molecular formula is C10H14ClMgO2+. The Labute approximate surface area is 107 Å². The van der Waals surface area contributed by atoms with Crippen LogP contribution in [0.1, 0.15) is 19.8 Å². The molecule has 1 rings (SSSR count). The van der Waals surface area contributed by atoms with Crippen LogP contribution < -0.4 is 17.1 Å². The molecule has 0 unspecified atom stereocenters. The second-order valence-electron chi connectivity index (χ2n) is 2.67. The average molecular weight is 226 g/mol. The van der Waals surface area contributed by atoms with Crippen LogP contribution in [0.3, 0.4) is 0 Å². The molecule has 0 aliphatic carbocycles. The molecule has 0 spiro atoms. The quantitative estimate of drug-likeness (QED) is 0.537. The fraction of sp³-hybridized carbons (Fsp3) is 0.400. The van der Waals surface area contributed by atoms with Gasteiger partial charge >= 0.3 is 23.1 Å². The van der Waals surface area contributed by atoms with Crippen LogP contribution in [-0.4, -0.2) is 34.8 Å². The Morgan fingerprint density at radius 1 is 1.29 bits per heavy atom. The van der Waals surface area contributed by atoms with Gasteiger partial charge in [-0.3, -0.25) is 0 Å². The zero-order valence-corrected chi connectivity index (χ0v) is 10.5. The first-order valence-electron chi connectivity index (χ1n) is 4.25. The van der Waals surface area contributed by atoms with Gasteiger partial charge < -0.3 is 22.3 Å². The topological polar surface area (TPSA) is 29.5 Å². The number of unbranched alkanes of at least 4 members (excludes halogenated alkanes) is 1. The van der Waals surface area contributed by atoms with E-state index in [9.17, 15) is 5.11 Å². The van der Waals surface area contributed by atoms with Crippen LogP contribution in [0.5, 0.6) is 11.5 Å². The number of ether oxygens (including phenoxy) is 1. The minimum atomic E-state index is 0. The molecule has 0 bridgehead atoms. The van der Waals surface area contributed by atoms with Crippen molar-refractivity contribution in [2.75, 3.05) is 6.61 Å². The van der Waals surface area contributed by atoms with E-state index in [1.54, 1.807) is 18.2 Å². The first-order valence-corrected chi connectivity index (χ1v) is 4.25. The third-order valence-corrected chi connectivity index (χ3v) is 1.62. The van der Waals surface area contributed by atoms with E-state index in [0.717, 1.165) is 12.8 Å². The molecule has 0 radical (unpaired) electrons. The SMILES string of the molecule is CCCCOc1ccccc1O.[Cl-].[Mg+2]. The van der Waals surface area contributed by atoms with Gasteiger partial charge in [0.05, 0.1) is 6.61 Å². The number of hydrogen-bond donors (Lipinski definition) is 1. The number of phenols is 1. The van der Waals surface area contributed by atoms with E-state index in [2.05, 4.69) is 6.92 Å². The van der Waals surface area contributed by atoms with Crippen LogP contribution in [0.4, 0.5) is 0 Å². The molecular weight excluding hydrogens is 212 g/mol. The van der Waals surface area contributed by atoms with Crippen molar-refractivity contribution in [3.05, 3.63) is 24.3 Å². The summed E-state index contributed by atoms with van der Waals surface area (Å²) in [5, 5.41) is 9.28. The monoisotopic (exact) mass is 225 g/mol. The number of aromatic hydroxyl groups is 1. The number of benzene rings is 1.